The van der Waals surface area contributed by atoms with E-state index < -0.39 is 0 Å². The molecule has 0 saturated carbocycles. The zero-order chi connectivity index (χ0) is 13.0. The van der Waals surface area contributed by atoms with Crippen molar-refractivity contribution in [3.05, 3.63) is 11.6 Å². The minimum Gasteiger partial charge on any atom is -0.393 e. The van der Waals surface area contributed by atoms with E-state index in [4.69, 9.17) is 0 Å². The van der Waals surface area contributed by atoms with Crippen molar-refractivity contribution in [2.45, 2.75) is 47.0 Å². The summed E-state index contributed by atoms with van der Waals surface area (Å²) in [7, 11) is 0. The first kappa shape index (κ1) is 13.9. The average Bonchev–Trinajstić information content (AvgIpc) is 2.42. The van der Waals surface area contributed by atoms with E-state index in [1.807, 2.05) is 6.92 Å². The standard InChI is InChI=1S/C14H22O3/c1-9(2)5-10(3)6-11(4)7-12-8-13(15)17-14(12)16/h6,9-10,12H,5,7-8H2,1-4H3. The van der Waals surface area contributed by atoms with Crippen LogP contribution in [0.25, 0.3) is 0 Å². The van der Waals surface area contributed by atoms with Crippen LogP contribution < -0.4 is 0 Å². The Morgan fingerprint density at radius 1 is 1.41 bits per heavy atom. The number of allylic oxidation sites excluding steroid dienone is 2. The quantitative estimate of drug-likeness (QED) is 0.420. The monoisotopic (exact) mass is 238 g/mol. The average molecular weight is 238 g/mol. The Labute approximate surface area is 103 Å². The van der Waals surface area contributed by atoms with Crippen molar-refractivity contribution in [2.75, 3.05) is 0 Å². The lowest BCUT2D eigenvalue weighted by atomic mass is 9.93. The Balaban J connectivity index is 2.48. The molecule has 3 nitrogen and oxygen atoms in total. The number of esters is 2. The van der Waals surface area contributed by atoms with Gasteiger partial charge >= 0.3 is 11.9 Å². The number of carbonyl (C=O) groups excluding carboxylic acids is 2. The van der Waals surface area contributed by atoms with Crippen molar-refractivity contribution in [2.24, 2.45) is 17.8 Å². The van der Waals surface area contributed by atoms with Gasteiger partial charge in [0.1, 0.15) is 0 Å². The fourth-order valence-electron chi connectivity index (χ4n) is 2.43. The molecule has 96 valence electrons. The summed E-state index contributed by atoms with van der Waals surface area (Å²) >= 11 is 0. The van der Waals surface area contributed by atoms with Gasteiger partial charge < -0.3 is 4.74 Å². The molecule has 0 aromatic heterocycles. The van der Waals surface area contributed by atoms with E-state index in [2.05, 4.69) is 31.6 Å². The number of rotatable bonds is 5. The Hall–Kier alpha value is -1.12. The fraction of sp³-hybridized carbons (Fsp3) is 0.714. The Kier molecular flexibility index (Phi) is 4.91. The van der Waals surface area contributed by atoms with Crippen LogP contribution in [0.5, 0.6) is 0 Å². The summed E-state index contributed by atoms with van der Waals surface area (Å²) in [6, 6.07) is 0. The van der Waals surface area contributed by atoms with Crippen LogP contribution in [0.4, 0.5) is 0 Å². The van der Waals surface area contributed by atoms with Gasteiger partial charge in [-0.05, 0) is 31.6 Å². The summed E-state index contributed by atoms with van der Waals surface area (Å²) in [6.45, 7) is 8.61. The first-order chi connectivity index (χ1) is 7.88. The molecule has 1 rings (SSSR count). The molecule has 17 heavy (non-hydrogen) atoms. The summed E-state index contributed by atoms with van der Waals surface area (Å²) < 4.78 is 4.54. The molecule has 2 atom stereocenters. The first-order valence-electron chi connectivity index (χ1n) is 6.30. The minimum absolute atomic E-state index is 0.239. The zero-order valence-corrected chi connectivity index (χ0v) is 11.2. The molecule has 1 fully saturated rings. The van der Waals surface area contributed by atoms with Gasteiger partial charge in [0.15, 0.2) is 0 Å². The van der Waals surface area contributed by atoms with Gasteiger partial charge in [-0.25, -0.2) is 0 Å². The van der Waals surface area contributed by atoms with Crippen LogP contribution in [-0.2, 0) is 14.3 Å². The molecule has 1 aliphatic rings. The topological polar surface area (TPSA) is 43.4 Å². The molecule has 0 amide bonds. The van der Waals surface area contributed by atoms with Crippen LogP contribution in [0.1, 0.15) is 47.0 Å². The van der Waals surface area contributed by atoms with Crippen molar-refractivity contribution in [3.63, 3.8) is 0 Å². The highest BCUT2D eigenvalue weighted by Crippen LogP contribution is 2.24. The van der Waals surface area contributed by atoms with Crippen molar-refractivity contribution in [3.8, 4) is 0 Å². The lowest BCUT2D eigenvalue weighted by Gasteiger charge is -2.12. The highest BCUT2D eigenvalue weighted by atomic mass is 16.6. The number of ether oxygens (including phenoxy) is 1. The van der Waals surface area contributed by atoms with Crippen LogP contribution >= 0.6 is 0 Å². The lowest BCUT2D eigenvalue weighted by molar-refractivity contribution is -0.153. The maximum Gasteiger partial charge on any atom is 0.317 e. The third kappa shape index (κ3) is 4.72. The van der Waals surface area contributed by atoms with Crippen molar-refractivity contribution < 1.29 is 14.3 Å². The molecule has 3 heteroatoms. The molecule has 0 aromatic carbocycles. The van der Waals surface area contributed by atoms with Gasteiger partial charge in [0.25, 0.3) is 0 Å². The normalized spacial score (nSPS) is 23.1. The molecule has 1 saturated heterocycles. The Bertz CT molecular complexity index is 328. The Morgan fingerprint density at radius 2 is 2.06 bits per heavy atom. The third-order valence-corrected chi connectivity index (χ3v) is 2.94. The second-order valence-electron chi connectivity index (χ2n) is 5.52. The molecule has 1 heterocycles. The minimum atomic E-state index is -0.386. The molecule has 0 bridgehead atoms. The van der Waals surface area contributed by atoms with E-state index in [-0.39, 0.29) is 24.3 Å². The van der Waals surface area contributed by atoms with E-state index >= 15 is 0 Å². The largest absolute Gasteiger partial charge is 0.393 e. The summed E-state index contributed by atoms with van der Waals surface area (Å²) in [5.41, 5.74) is 1.18. The van der Waals surface area contributed by atoms with Crippen molar-refractivity contribution in [1.82, 2.24) is 0 Å². The summed E-state index contributed by atoms with van der Waals surface area (Å²) in [5, 5.41) is 0. The van der Waals surface area contributed by atoms with E-state index in [1.165, 1.54) is 5.57 Å². The fourth-order valence-corrected chi connectivity index (χ4v) is 2.43. The molecular weight excluding hydrogens is 216 g/mol. The van der Waals surface area contributed by atoms with Gasteiger partial charge in [-0.1, -0.05) is 32.4 Å². The van der Waals surface area contributed by atoms with Crippen LogP contribution in [0, 0.1) is 17.8 Å². The van der Waals surface area contributed by atoms with Crippen LogP contribution in [0.2, 0.25) is 0 Å². The number of cyclic esters (lactones) is 2. The van der Waals surface area contributed by atoms with E-state index in [1.54, 1.807) is 0 Å². The predicted molar refractivity (Wildman–Crippen MR) is 66.2 cm³/mol. The van der Waals surface area contributed by atoms with Gasteiger partial charge in [-0.2, -0.15) is 0 Å². The first-order valence-corrected chi connectivity index (χ1v) is 6.30. The summed E-state index contributed by atoms with van der Waals surface area (Å²) in [4.78, 5) is 22.3. The highest BCUT2D eigenvalue weighted by molar-refractivity contribution is 5.94. The number of hydrogen-bond donors (Lipinski definition) is 0. The summed E-state index contributed by atoms with van der Waals surface area (Å²) in [6.07, 6.45) is 4.23. The molecule has 1 aliphatic heterocycles. The van der Waals surface area contributed by atoms with Gasteiger partial charge in [0.2, 0.25) is 0 Å². The van der Waals surface area contributed by atoms with Crippen molar-refractivity contribution >= 4 is 11.9 Å². The van der Waals surface area contributed by atoms with Crippen LogP contribution in [-0.4, -0.2) is 11.9 Å². The SMILES string of the molecule is CC(=CC(C)CC(C)C)CC1CC(=O)OC1=O. The highest BCUT2D eigenvalue weighted by Gasteiger charge is 2.33. The number of carbonyl (C=O) groups is 2. The van der Waals surface area contributed by atoms with E-state index in [0.717, 1.165) is 6.42 Å². The third-order valence-electron chi connectivity index (χ3n) is 2.94. The summed E-state index contributed by atoms with van der Waals surface area (Å²) in [5.74, 6) is 0.183. The number of hydrogen-bond acceptors (Lipinski definition) is 3. The molecule has 0 N–H and O–H groups in total. The van der Waals surface area contributed by atoms with Gasteiger partial charge in [-0.15, -0.1) is 0 Å². The molecule has 0 radical (unpaired) electrons. The van der Waals surface area contributed by atoms with Crippen LogP contribution in [0.15, 0.2) is 11.6 Å². The molecule has 2 unspecified atom stereocenters. The second kappa shape index (κ2) is 5.99. The molecule has 0 spiro atoms. The van der Waals surface area contributed by atoms with Gasteiger partial charge in [0.05, 0.1) is 12.3 Å². The molecular formula is C14H22O3. The van der Waals surface area contributed by atoms with E-state index in [0.29, 0.717) is 18.3 Å². The predicted octanol–water partition coefficient (Wildman–Crippen LogP) is 3.09. The maximum atomic E-state index is 11.3. The molecule has 0 aromatic rings. The smallest absolute Gasteiger partial charge is 0.317 e. The maximum absolute atomic E-state index is 11.3. The second-order valence-corrected chi connectivity index (χ2v) is 5.52. The van der Waals surface area contributed by atoms with Crippen LogP contribution in [0.3, 0.4) is 0 Å². The van der Waals surface area contributed by atoms with Gasteiger partial charge in [0, 0.05) is 0 Å². The van der Waals surface area contributed by atoms with Gasteiger partial charge in [-0.3, -0.25) is 9.59 Å². The lowest BCUT2D eigenvalue weighted by Crippen LogP contribution is -2.08. The van der Waals surface area contributed by atoms with E-state index in [9.17, 15) is 9.59 Å². The Morgan fingerprint density at radius 3 is 2.53 bits per heavy atom. The molecule has 0 aliphatic carbocycles. The van der Waals surface area contributed by atoms with Crippen molar-refractivity contribution in [1.29, 1.82) is 0 Å². The zero-order valence-electron chi connectivity index (χ0n) is 11.2.